The summed E-state index contributed by atoms with van der Waals surface area (Å²) in [7, 11) is 0. The average Bonchev–Trinajstić information content (AvgIpc) is 2.91. The van der Waals surface area contributed by atoms with Crippen molar-refractivity contribution in [2.75, 3.05) is 13.2 Å². The van der Waals surface area contributed by atoms with E-state index >= 15 is 0 Å². The molecule has 15 N–H and O–H groups in total. The summed E-state index contributed by atoms with van der Waals surface area (Å²) in [5.41, 5.74) is 23.9. The molecular formula is C22H43N5O11. The van der Waals surface area contributed by atoms with Crippen LogP contribution in [-0.2, 0) is 23.7 Å². The molecule has 2 heterocycles. The molecule has 1 saturated carbocycles. The number of hydrogen-bond acceptors (Lipinski definition) is 15. The molecule has 3 fully saturated rings. The maximum atomic E-state index is 12.5. The fourth-order valence-electron chi connectivity index (χ4n) is 4.92. The minimum Gasteiger partial charge on any atom is -0.394 e. The lowest BCUT2D eigenvalue weighted by atomic mass is 9.81. The van der Waals surface area contributed by atoms with Crippen LogP contribution < -0.4 is 28.3 Å². The second kappa shape index (κ2) is 13.5. The van der Waals surface area contributed by atoms with Gasteiger partial charge in [0.2, 0.25) is 5.91 Å². The van der Waals surface area contributed by atoms with Gasteiger partial charge in [-0.05, 0) is 19.3 Å². The van der Waals surface area contributed by atoms with Crippen LogP contribution in [0, 0.1) is 0 Å². The molecule has 0 aromatic rings. The lowest BCUT2D eigenvalue weighted by Gasteiger charge is -2.50. The van der Waals surface area contributed by atoms with Crippen LogP contribution in [0.15, 0.2) is 0 Å². The van der Waals surface area contributed by atoms with Gasteiger partial charge in [0.15, 0.2) is 12.6 Å². The Hall–Kier alpha value is -1.09. The van der Waals surface area contributed by atoms with E-state index in [9.17, 15) is 35.4 Å². The highest BCUT2D eigenvalue weighted by Crippen LogP contribution is 2.31. The van der Waals surface area contributed by atoms with Crippen LogP contribution in [0.5, 0.6) is 0 Å². The number of aliphatic hydroxyl groups excluding tert-OH is 6. The van der Waals surface area contributed by atoms with Crippen molar-refractivity contribution in [2.45, 2.75) is 118 Å². The van der Waals surface area contributed by atoms with Gasteiger partial charge in [-0.1, -0.05) is 6.92 Å². The third-order valence-electron chi connectivity index (χ3n) is 7.45. The molecule has 0 radical (unpaired) electrons. The molecule has 16 heteroatoms. The van der Waals surface area contributed by atoms with Crippen LogP contribution >= 0.6 is 0 Å². The molecule has 16 nitrogen and oxygen atoms in total. The lowest BCUT2D eigenvalue weighted by Crippen LogP contribution is -2.74. The van der Waals surface area contributed by atoms with E-state index in [2.05, 4.69) is 5.32 Å². The van der Waals surface area contributed by atoms with E-state index in [1.807, 2.05) is 0 Å². The van der Waals surface area contributed by atoms with Crippen molar-refractivity contribution in [1.29, 1.82) is 0 Å². The van der Waals surface area contributed by atoms with Gasteiger partial charge in [0.1, 0.15) is 42.7 Å². The highest BCUT2D eigenvalue weighted by Gasteiger charge is 2.54. The molecule has 0 aromatic heterocycles. The van der Waals surface area contributed by atoms with Crippen molar-refractivity contribution in [3.63, 3.8) is 0 Å². The Morgan fingerprint density at radius 1 is 0.947 bits per heavy atom. The van der Waals surface area contributed by atoms with E-state index in [1.165, 1.54) is 0 Å². The summed E-state index contributed by atoms with van der Waals surface area (Å²) < 4.78 is 23.0. The summed E-state index contributed by atoms with van der Waals surface area (Å²) in [6.07, 6.45) is -13.6. The molecule has 0 spiro atoms. The van der Waals surface area contributed by atoms with E-state index in [1.54, 1.807) is 6.92 Å². The van der Waals surface area contributed by atoms with Gasteiger partial charge in [-0.3, -0.25) is 4.79 Å². The zero-order chi connectivity index (χ0) is 28.3. The minimum atomic E-state index is -1.65. The lowest BCUT2D eigenvalue weighted by molar-refractivity contribution is -0.319. The second-order valence-corrected chi connectivity index (χ2v) is 10.1. The van der Waals surface area contributed by atoms with Gasteiger partial charge in [0, 0.05) is 6.54 Å². The van der Waals surface area contributed by atoms with E-state index in [0.717, 1.165) is 0 Å². The van der Waals surface area contributed by atoms with E-state index in [0.29, 0.717) is 12.8 Å². The number of ether oxygens (including phenoxy) is 4. The maximum absolute atomic E-state index is 12.5. The Labute approximate surface area is 220 Å². The van der Waals surface area contributed by atoms with Crippen molar-refractivity contribution < 1.29 is 54.4 Å². The quantitative estimate of drug-likeness (QED) is 0.126. The predicted molar refractivity (Wildman–Crippen MR) is 129 cm³/mol. The molecule has 222 valence electrons. The summed E-state index contributed by atoms with van der Waals surface area (Å²) in [6.45, 7) is 1.12. The van der Waals surface area contributed by atoms with Crippen molar-refractivity contribution in [1.82, 2.24) is 5.32 Å². The fraction of sp³-hybridized carbons (Fsp3) is 0.955. The van der Waals surface area contributed by atoms with Gasteiger partial charge in [-0.25, -0.2) is 0 Å². The van der Waals surface area contributed by atoms with Crippen LogP contribution in [0.3, 0.4) is 0 Å². The summed E-state index contributed by atoms with van der Waals surface area (Å²) >= 11 is 0. The van der Waals surface area contributed by atoms with Crippen LogP contribution in [0.2, 0.25) is 0 Å². The number of carbonyl (C=O) groups excluding carboxylic acids is 1. The first-order valence-corrected chi connectivity index (χ1v) is 12.8. The Bertz CT molecular complexity index is 769. The number of aliphatic hydroxyl groups is 6. The number of rotatable bonds is 9. The molecule has 1 amide bonds. The van der Waals surface area contributed by atoms with Gasteiger partial charge in [-0.15, -0.1) is 0 Å². The molecule has 2 saturated heterocycles. The highest BCUT2D eigenvalue weighted by atomic mass is 16.7. The largest absolute Gasteiger partial charge is 0.394 e. The SMILES string of the molecule is CCC(O)C(=O)N[C@@H]1C(O)[C@H](N)C(O[C@@H]2OC(CN)CCC2N)C(O)[C@@H]1O[C@@H]1OC(CO)[C@H](O)[C@H](N)C1O. The first-order valence-electron chi connectivity index (χ1n) is 12.8. The first-order chi connectivity index (χ1) is 17.9. The summed E-state index contributed by atoms with van der Waals surface area (Å²) in [4.78, 5) is 12.5. The van der Waals surface area contributed by atoms with E-state index in [-0.39, 0.29) is 19.1 Å². The fourth-order valence-corrected chi connectivity index (χ4v) is 4.92. The maximum Gasteiger partial charge on any atom is 0.249 e. The van der Waals surface area contributed by atoms with E-state index in [4.69, 9.17) is 41.9 Å². The molecule has 0 bridgehead atoms. The standard InChI is InChI=1S/C22H43N5O11/c1-2-9(29)20(34)27-13-15(31)12(26)18(37-21-8(24)4-3-7(5-23)35-21)17(33)19(13)38-22-16(32)11(25)14(30)10(6-28)36-22/h7-19,21-22,28-33H,2-6,23-26H2,1H3,(H,27,34)/t7?,8?,9?,10?,11-,12-,13+,14-,15?,16?,17?,18?,19+,21-,22-/m0/s1. The zero-order valence-electron chi connectivity index (χ0n) is 21.2. The Balaban J connectivity index is 1.88. The first kappa shape index (κ1) is 31.4. The van der Waals surface area contributed by atoms with Crippen molar-refractivity contribution in [3.8, 4) is 0 Å². The monoisotopic (exact) mass is 553 g/mol. The topological polar surface area (TPSA) is 291 Å². The number of nitrogens with two attached hydrogens (primary N) is 4. The Morgan fingerprint density at radius 2 is 1.61 bits per heavy atom. The van der Waals surface area contributed by atoms with Crippen LogP contribution in [0.25, 0.3) is 0 Å². The highest BCUT2D eigenvalue weighted by molar-refractivity contribution is 5.80. The molecule has 38 heavy (non-hydrogen) atoms. The zero-order valence-corrected chi connectivity index (χ0v) is 21.2. The predicted octanol–water partition coefficient (Wildman–Crippen LogP) is -6.37. The molecule has 3 aliphatic rings. The number of amides is 1. The molecule has 0 aromatic carbocycles. The Morgan fingerprint density at radius 3 is 2.21 bits per heavy atom. The van der Waals surface area contributed by atoms with Crippen LogP contribution in [0.4, 0.5) is 0 Å². The van der Waals surface area contributed by atoms with E-state index < -0.39 is 98.1 Å². The summed E-state index contributed by atoms with van der Waals surface area (Å²) in [5.74, 6) is -0.863. The molecule has 8 unspecified atom stereocenters. The van der Waals surface area contributed by atoms with Gasteiger partial charge in [-0.2, -0.15) is 0 Å². The molecule has 3 rings (SSSR count). The van der Waals surface area contributed by atoms with Crippen LogP contribution in [-0.4, -0.2) is 141 Å². The number of hydrogen-bond donors (Lipinski definition) is 11. The summed E-state index contributed by atoms with van der Waals surface area (Å²) in [6, 6.07) is -4.56. The third kappa shape index (κ3) is 6.61. The average molecular weight is 554 g/mol. The normalized spacial score (nSPS) is 46.9. The van der Waals surface area contributed by atoms with Gasteiger partial charge in [0.25, 0.3) is 0 Å². The second-order valence-electron chi connectivity index (χ2n) is 10.1. The Kier molecular flexibility index (Phi) is 11.2. The summed E-state index contributed by atoms with van der Waals surface area (Å²) in [5, 5.41) is 65.1. The van der Waals surface area contributed by atoms with Gasteiger partial charge < -0.3 is 77.8 Å². The smallest absolute Gasteiger partial charge is 0.249 e. The molecule has 15 atom stereocenters. The van der Waals surface area contributed by atoms with Crippen LogP contribution in [0.1, 0.15) is 26.2 Å². The van der Waals surface area contributed by atoms with Crippen molar-refractivity contribution in [3.05, 3.63) is 0 Å². The molecule has 1 aliphatic carbocycles. The van der Waals surface area contributed by atoms with Crippen molar-refractivity contribution in [2.24, 2.45) is 22.9 Å². The molecular weight excluding hydrogens is 510 g/mol. The van der Waals surface area contributed by atoms with Crippen molar-refractivity contribution >= 4 is 5.91 Å². The van der Waals surface area contributed by atoms with Gasteiger partial charge in [0.05, 0.1) is 43.0 Å². The number of nitrogens with one attached hydrogen (secondary N) is 1. The number of carbonyl (C=O) groups is 1. The minimum absolute atomic E-state index is 0.0646. The third-order valence-corrected chi connectivity index (χ3v) is 7.45. The molecule has 2 aliphatic heterocycles. The van der Waals surface area contributed by atoms with Gasteiger partial charge >= 0.3 is 0 Å².